The van der Waals surface area contributed by atoms with Crippen LogP contribution < -0.4 is 5.32 Å². The Bertz CT molecular complexity index is 381. The number of benzene rings is 1. The first-order chi connectivity index (χ1) is 8.74. The van der Waals surface area contributed by atoms with Crippen molar-refractivity contribution in [2.75, 3.05) is 19.8 Å². The molecule has 1 N–H and O–H groups in total. The number of carbonyl (C=O) groups excluding carboxylic acids is 1. The lowest BCUT2D eigenvalue weighted by Crippen LogP contribution is -2.33. The highest BCUT2D eigenvalue weighted by molar-refractivity contribution is 7.81. The molecule has 0 heterocycles. The van der Waals surface area contributed by atoms with E-state index in [2.05, 4.69) is 5.32 Å². The Morgan fingerprint density at radius 3 is 2.72 bits per heavy atom. The predicted octanol–water partition coefficient (Wildman–Crippen LogP) is 1.68. The van der Waals surface area contributed by atoms with Gasteiger partial charge in [0.05, 0.1) is 19.8 Å². The van der Waals surface area contributed by atoms with Crippen LogP contribution in [0.5, 0.6) is 0 Å². The minimum atomic E-state index is -0.490. The lowest BCUT2D eigenvalue weighted by molar-refractivity contribution is -0.135. The van der Waals surface area contributed by atoms with E-state index in [4.69, 9.17) is 21.7 Å². The van der Waals surface area contributed by atoms with E-state index in [0.29, 0.717) is 26.4 Å². The van der Waals surface area contributed by atoms with Gasteiger partial charge in [-0.1, -0.05) is 42.5 Å². The van der Waals surface area contributed by atoms with Crippen LogP contribution in [0.15, 0.2) is 30.3 Å². The molecule has 0 unspecified atom stereocenters. The molecule has 0 bridgehead atoms. The topological polar surface area (TPSA) is 47.6 Å². The van der Waals surface area contributed by atoms with Crippen LogP contribution in [0.1, 0.15) is 12.5 Å². The summed E-state index contributed by atoms with van der Waals surface area (Å²) in [6, 6.07) is 9.88. The van der Waals surface area contributed by atoms with Crippen LogP contribution in [0.3, 0.4) is 0 Å². The highest BCUT2D eigenvalue weighted by Crippen LogP contribution is 1.99. The van der Waals surface area contributed by atoms with Crippen LogP contribution in [0.4, 0.5) is 0 Å². The molecule has 5 heteroatoms. The fraction of sp³-hybridized carbons (Fsp3) is 0.385. The number of hydrogen-bond acceptors (Lipinski definition) is 4. The number of nitrogens with one attached hydrogen (secondary N) is 1. The Hall–Kier alpha value is -1.46. The van der Waals surface area contributed by atoms with Crippen LogP contribution in [0.2, 0.25) is 0 Å². The van der Waals surface area contributed by atoms with E-state index in [1.807, 2.05) is 30.3 Å². The minimum Gasteiger partial charge on any atom is -0.461 e. The van der Waals surface area contributed by atoms with Gasteiger partial charge in [0.25, 0.3) is 0 Å². The first-order valence-electron chi connectivity index (χ1n) is 5.80. The molecule has 0 spiro atoms. The Morgan fingerprint density at radius 1 is 1.33 bits per heavy atom. The second-order valence-electron chi connectivity index (χ2n) is 3.51. The van der Waals surface area contributed by atoms with Crippen molar-refractivity contribution < 1.29 is 14.3 Å². The third-order valence-corrected chi connectivity index (χ3v) is 2.42. The van der Waals surface area contributed by atoms with E-state index in [-0.39, 0.29) is 4.99 Å². The summed E-state index contributed by atoms with van der Waals surface area (Å²) in [6.07, 6.45) is 0. The fourth-order valence-corrected chi connectivity index (χ4v) is 1.43. The molecule has 0 aliphatic carbocycles. The molecule has 0 saturated carbocycles. The van der Waals surface area contributed by atoms with Gasteiger partial charge in [-0.2, -0.15) is 0 Å². The van der Waals surface area contributed by atoms with Crippen LogP contribution in [-0.2, 0) is 20.9 Å². The maximum Gasteiger partial charge on any atom is 0.365 e. The number of hydrogen-bond donors (Lipinski definition) is 1. The average Bonchev–Trinajstić information content (AvgIpc) is 2.39. The van der Waals surface area contributed by atoms with Crippen molar-refractivity contribution in [3.8, 4) is 0 Å². The van der Waals surface area contributed by atoms with E-state index < -0.39 is 5.97 Å². The lowest BCUT2D eigenvalue weighted by Gasteiger charge is -2.07. The SMILES string of the molecule is CCOC(=O)C(=S)NCCOCc1ccccc1. The van der Waals surface area contributed by atoms with Gasteiger partial charge in [-0.15, -0.1) is 0 Å². The molecular weight excluding hydrogens is 250 g/mol. The Kier molecular flexibility index (Phi) is 6.98. The van der Waals surface area contributed by atoms with Crippen LogP contribution in [0.25, 0.3) is 0 Å². The van der Waals surface area contributed by atoms with Gasteiger partial charge < -0.3 is 14.8 Å². The second-order valence-corrected chi connectivity index (χ2v) is 3.92. The van der Waals surface area contributed by atoms with E-state index in [1.54, 1.807) is 6.92 Å². The van der Waals surface area contributed by atoms with Crippen molar-refractivity contribution in [1.29, 1.82) is 0 Å². The molecule has 0 aliphatic rings. The summed E-state index contributed by atoms with van der Waals surface area (Å²) in [5.41, 5.74) is 1.12. The molecular formula is C13H17NO3S. The summed E-state index contributed by atoms with van der Waals surface area (Å²) in [5.74, 6) is -0.490. The third kappa shape index (κ3) is 5.75. The number of esters is 1. The molecule has 1 aromatic rings. The normalized spacial score (nSPS) is 9.83. The standard InChI is InChI=1S/C13H17NO3S/c1-2-17-13(15)12(18)14-8-9-16-10-11-6-4-3-5-7-11/h3-7H,2,8-10H2,1H3,(H,14,18). The molecule has 98 valence electrons. The smallest absolute Gasteiger partial charge is 0.365 e. The van der Waals surface area contributed by atoms with Crippen molar-refractivity contribution in [2.24, 2.45) is 0 Å². The Labute approximate surface area is 112 Å². The minimum absolute atomic E-state index is 0.0974. The molecule has 18 heavy (non-hydrogen) atoms. The Morgan fingerprint density at radius 2 is 2.06 bits per heavy atom. The average molecular weight is 267 g/mol. The molecule has 0 fully saturated rings. The molecule has 0 aromatic heterocycles. The molecule has 1 aromatic carbocycles. The molecule has 0 radical (unpaired) electrons. The van der Waals surface area contributed by atoms with E-state index in [9.17, 15) is 4.79 Å². The molecule has 4 nitrogen and oxygen atoms in total. The van der Waals surface area contributed by atoms with Crippen LogP contribution >= 0.6 is 12.2 Å². The molecule has 0 aliphatic heterocycles. The number of rotatable bonds is 6. The maximum atomic E-state index is 11.2. The maximum absolute atomic E-state index is 11.2. The zero-order valence-electron chi connectivity index (χ0n) is 10.3. The van der Waals surface area contributed by atoms with Crippen molar-refractivity contribution in [3.05, 3.63) is 35.9 Å². The zero-order chi connectivity index (χ0) is 13.2. The summed E-state index contributed by atoms with van der Waals surface area (Å²) in [7, 11) is 0. The van der Waals surface area contributed by atoms with Crippen LogP contribution in [-0.4, -0.2) is 30.7 Å². The van der Waals surface area contributed by atoms with E-state index >= 15 is 0 Å². The van der Waals surface area contributed by atoms with Crippen LogP contribution in [0, 0.1) is 0 Å². The highest BCUT2D eigenvalue weighted by Gasteiger charge is 2.08. The van der Waals surface area contributed by atoms with Crippen molar-refractivity contribution in [1.82, 2.24) is 5.32 Å². The largest absolute Gasteiger partial charge is 0.461 e. The highest BCUT2D eigenvalue weighted by atomic mass is 32.1. The number of ether oxygens (including phenoxy) is 2. The lowest BCUT2D eigenvalue weighted by atomic mass is 10.2. The fourth-order valence-electron chi connectivity index (χ4n) is 1.27. The van der Waals surface area contributed by atoms with Gasteiger partial charge in [0.2, 0.25) is 0 Å². The number of carbonyl (C=O) groups is 1. The monoisotopic (exact) mass is 267 g/mol. The quantitative estimate of drug-likeness (QED) is 0.483. The summed E-state index contributed by atoms with van der Waals surface area (Å²) >= 11 is 4.84. The summed E-state index contributed by atoms with van der Waals surface area (Å²) in [6.45, 7) is 3.59. The van der Waals surface area contributed by atoms with Crippen molar-refractivity contribution in [2.45, 2.75) is 13.5 Å². The number of thiocarbonyl (C=S) groups is 1. The molecule has 0 amide bonds. The van der Waals surface area contributed by atoms with Gasteiger partial charge >= 0.3 is 5.97 Å². The van der Waals surface area contributed by atoms with Crippen molar-refractivity contribution in [3.63, 3.8) is 0 Å². The first-order valence-corrected chi connectivity index (χ1v) is 6.21. The van der Waals surface area contributed by atoms with Gasteiger partial charge in [0, 0.05) is 6.54 Å². The summed E-state index contributed by atoms with van der Waals surface area (Å²) in [5, 5.41) is 2.79. The molecule has 0 saturated heterocycles. The van der Waals surface area contributed by atoms with Gasteiger partial charge in [0.15, 0.2) is 4.99 Å². The van der Waals surface area contributed by atoms with Gasteiger partial charge in [-0.3, -0.25) is 0 Å². The summed E-state index contributed by atoms with van der Waals surface area (Å²) in [4.78, 5) is 11.3. The Balaban J connectivity index is 2.09. The summed E-state index contributed by atoms with van der Waals surface area (Å²) < 4.78 is 10.2. The first kappa shape index (κ1) is 14.6. The van der Waals surface area contributed by atoms with Gasteiger partial charge in [-0.25, -0.2) is 4.79 Å². The predicted molar refractivity (Wildman–Crippen MR) is 73.3 cm³/mol. The van der Waals surface area contributed by atoms with Crippen molar-refractivity contribution >= 4 is 23.2 Å². The second kappa shape index (κ2) is 8.60. The third-order valence-electron chi connectivity index (χ3n) is 2.10. The van der Waals surface area contributed by atoms with Gasteiger partial charge in [0.1, 0.15) is 0 Å². The zero-order valence-corrected chi connectivity index (χ0v) is 11.2. The van der Waals surface area contributed by atoms with Gasteiger partial charge in [-0.05, 0) is 12.5 Å². The van der Waals surface area contributed by atoms with E-state index in [0.717, 1.165) is 5.56 Å². The molecule has 0 atom stereocenters. The van der Waals surface area contributed by atoms with E-state index in [1.165, 1.54) is 0 Å². The molecule has 1 rings (SSSR count).